The summed E-state index contributed by atoms with van der Waals surface area (Å²) in [5.74, 6) is 0.0445. The first-order valence-corrected chi connectivity index (χ1v) is 5.15. The van der Waals surface area contributed by atoms with Crippen LogP contribution in [0.4, 0.5) is 0 Å². The maximum atomic E-state index is 11.6. The molecular weight excluding hydrogens is 180 g/mol. The highest BCUT2D eigenvalue weighted by molar-refractivity contribution is 5.78. The zero-order valence-corrected chi connectivity index (χ0v) is 9.20. The van der Waals surface area contributed by atoms with Crippen molar-refractivity contribution >= 4 is 5.97 Å². The van der Waals surface area contributed by atoms with Crippen LogP contribution in [-0.4, -0.2) is 23.8 Å². The van der Waals surface area contributed by atoms with Crippen molar-refractivity contribution in [2.45, 2.75) is 33.8 Å². The van der Waals surface area contributed by atoms with Crippen LogP contribution in [0.1, 0.15) is 27.7 Å². The van der Waals surface area contributed by atoms with Crippen molar-refractivity contribution in [2.24, 2.45) is 22.7 Å². The van der Waals surface area contributed by atoms with Gasteiger partial charge in [-0.3, -0.25) is 4.79 Å². The number of aliphatic hydroxyl groups excluding tert-OH is 1. The number of fused-ring (bicyclic) bond motifs is 1. The van der Waals surface area contributed by atoms with Gasteiger partial charge >= 0.3 is 5.97 Å². The fraction of sp³-hybridized carbons (Fsp3) is 0.909. The maximum absolute atomic E-state index is 11.6. The highest BCUT2D eigenvalue weighted by atomic mass is 16.6. The van der Waals surface area contributed by atoms with Crippen molar-refractivity contribution in [1.82, 2.24) is 0 Å². The molecule has 1 saturated carbocycles. The lowest BCUT2D eigenvalue weighted by Crippen LogP contribution is -2.62. The summed E-state index contributed by atoms with van der Waals surface area (Å²) >= 11 is 0. The minimum atomic E-state index is -0.282. The Bertz CT molecular complexity index is 280. The quantitative estimate of drug-likeness (QED) is 0.644. The molecular formula is C11H18O3. The summed E-state index contributed by atoms with van der Waals surface area (Å²) in [5.41, 5.74) is 0.0515. The van der Waals surface area contributed by atoms with Gasteiger partial charge in [0.25, 0.3) is 0 Å². The monoisotopic (exact) mass is 198 g/mol. The van der Waals surface area contributed by atoms with Gasteiger partial charge in [0, 0.05) is 5.92 Å². The first kappa shape index (κ1) is 9.97. The molecule has 0 spiro atoms. The highest BCUT2D eigenvalue weighted by Crippen LogP contribution is 2.68. The molecule has 1 aliphatic carbocycles. The largest absolute Gasteiger partial charge is 0.459 e. The molecule has 3 heteroatoms. The fourth-order valence-corrected chi connectivity index (χ4v) is 3.17. The van der Waals surface area contributed by atoms with Crippen molar-refractivity contribution in [3.8, 4) is 0 Å². The summed E-state index contributed by atoms with van der Waals surface area (Å²) < 4.78 is 5.18. The molecule has 0 unspecified atom stereocenters. The summed E-state index contributed by atoms with van der Waals surface area (Å²) in [6, 6.07) is 0. The third-order valence-electron chi connectivity index (χ3n) is 4.73. The van der Waals surface area contributed by atoms with E-state index in [0.717, 1.165) is 0 Å². The van der Waals surface area contributed by atoms with Gasteiger partial charge in [0.1, 0.15) is 6.10 Å². The molecule has 0 amide bonds. The second-order valence-corrected chi connectivity index (χ2v) is 5.60. The summed E-state index contributed by atoms with van der Waals surface area (Å²) in [5, 5.41) is 9.13. The van der Waals surface area contributed by atoms with Crippen LogP contribution in [0.2, 0.25) is 0 Å². The van der Waals surface area contributed by atoms with Crippen LogP contribution < -0.4 is 0 Å². The minimum Gasteiger partial charge on any atom is -0.459 e. The van der Waals surface area contributed by atoms with Crippen LogP contribution in [0, 0.1) is 22.7 Å². The van der Waals surface area contributed by atoms with Crippen LogP contribution in [-0.2, 0) is 9.53 Å². The zero-order valence-electron chi connectivity index (χ0n) is 9.20. The number of hydrogen-bond donors (Lipinski definition) is 1. The Morgan fingerprint density at radius 3 is 2.36 bits per heavy atom. The van der Waals surface area contributed by atoms with Crippen LogP contribution >= 0.6 is 0 Å². The highest BCUT2D eigenvalue weighted by Gasteiger charge is 2.71. The van der Waals surface area contributed by atoms with E-state index in [2.05, 4.69) is 27.7 Å². The van der Waals surface area contributed by atoms with Gasteiger partial charge in [-0.05, 0) is 10.8 Å². The van der Waals surface area contributed by atoms with Gasteiger partial charge in [-0.1, -0.05) is 27.7 Å². The van der Waals surface area contributed by atoms with Crippen molar-refractivity contribution in [3.05, 3.63) is 0 Å². The molecule has 2 aliphatic rings. The van der Waals surface area contributed by atoms with Gasteiger partial charge in [0.2, 0.25) is 0 Å². The van der Waals surface area contributed by atoms with Gasteiger partial charge in [0.15, 0.2) is 0 Å². The van der Waals surface area contributed by atoms with E-state index >= 15 is 0 Å². The second kappa shape index (κ2) is 2.51. The second-order valence-electron chi connectivity index (χ2n) is 5.60. The molecule has 1 saturated heterocycles. The molecule has 3 nitrogen and oxygen atoms in total. The van der Waals surface area contributed by atoms with Gasteiger partial charge in [-0.15, -0.1) is 0 Å². The Kier molecular flexibility index (Phi) is 1.79. The van der Waals surface area contributed by atoms with Crippen molar-refractivity contribution in [1.29, 1.82) is 0 Å². The van der Waals surface area contributed by atoms with Gasteiger partial charge in [-0.2, -0.15) is 0 Å². The molecule has 14 heavy (non-hydrogen) atoms. The molecule has 0 aromatic carbocycles. The standard InChI is InChI=1S/C11H18O3/c1-10(2)7-6(5-12)14-9(13)8(7)11(10,3)4/h6-8,12H,5H2,1-4H3/t6-,7-,8-/m1/s1. The van der Waals surface area contributed by atoms with Crippen LogP contribution in [0.25, 0.3) is 0 Å². The number of aliphatic hydroxyl groups is 1. The van der Waals surface area contributed by atoms with E-state index < -0.39 is 0 Å². The average molecular weight is 198 g/mol. The van der Waals surface area contributed by atoms with Crippen LogP contribution in [0.3, 0.4) is 0 Å². The Hall–Kier alpha value is -0.570. The number of cyclic esters (lactones) is 1. The van der Waals surface area contributed by atoms with E-state index in [1.54, 1.807) is 0 Å². The van der Waals surface area contributed by atoms with Crippen LogP contribution in [0.15, 0.2) is 0 Å². The molecule has 1 heterocycles. The molecule has 0 bridgehead atoms. The lowest BCUT2D eigenvalue weighted by Gasteiger charge is -2.61. The van der Waals surface area contributed by atoms with E-state index in [0.29, 0.717) is 0 Å². The zero-order chi connectivity index (χ0) is 10.7. The summed E-state index contributed by atoms with van der Waals surface area (Å²) in [4.78, 5) is 11.6. The molecule has 80 valence electrons. The van der Waals surface area contributed by atoms with E-state index in [-0.39, 0.29) is 41.3 Å². The Labute approximate surface area is 84.4 Å². The normalized spacial score (nSPS) is 42.6. The summed E-state index contributed by atoms with van der Waals surface area (Å²) in [6.45, 7) is 8.47. The number of ether oxygens (including phenoxy) is 1. The molecule has 2 rings (SSSR count). The fourth-order valence-electron chi connectivity index (χ4n) is 3.17. The van der Waals surface area contributed by atoms with E-state index in [1.807, 2.05) is 0 Å². The topological polar surface area (TPSA) is 46.5 Å². The van der Waals surface area contributed by atoms with Crippen molar-refractivity contribution in [3.63, 3.8) is 0 Å². The maximum Gasteiger partial charge on any atom is 0.310 e. The van der Waals surface area contributed by atoms with E-state index in [4.69, 9.17) is 9.84 Å². The smallest absolute Gasteiger partial charge is 0.310 e. The summed E-state index contributed by atoms with van der Waals surface area (Å²) in [7, 11) is 0. The van der Waals surface area contributed by atoms with Gasteiger partial charge < -0.3 is 9.84 Å². The molecule has 0 radical (unpaired) electrons. The molecule has 0 aromatic rings. The molecule has 1 aliphatic heterocycles. The number of carbonyl (C=O) groups excluding carboxylic acids is 1. The Balaban J connectivity index is 2.33. The average Bonchev–Trinajstić information content (AvgIpc) is 2.41. The van der Waals surface area contributed by atoms with Gasteiger partial charge in [0.05, 0.1) is 12.5 Å². The molecule has 1 N–H and O–H groups in total. The van der Waals surface area contributed by atoms with Crippen LogP contribution in [0.5, 0.6) is 0 Å². The minimum absolute atomic E-state index is 0.0152. The van der Waals surface area contributed by atoms with E-state index in [9.17, 15) is 4.79 Å². The first-order valence-electron chi connectivity index (χ1n) is 5.15. The SMILES string of the molecule is CC1(C)[C@@H]2[C@@H](CO)OC(=O)[C@@H]2C1(C)C. The number of rotatable bonds is 1. The molecule has 0 aromatic heterocycles. The predicted molar refractivity (Wildman–Crippen MR) is 51.5 cm³/mol. The van der Waals surface area contributed by atoms with Gasteiger partial charge in [-0.25, -0.2) is 0 Å². The third-order valence-corrected chi connectivity index (χ3v) is 4.73. The third kappa shape index (κ3) is 0.842. The number of esters is 1. The lowest BCUT2D eigenvalue weighted by molar-refractivity contribution is -0.169. The number of hydrogen-bond acceptors (Lipinski definition) is 3. The Morgan fingerprint density at radius 1 is 1.29 bits per heavy atom. The summed E-state index contributed by atoms with van der Waals surface area (Å²) in [6.07, 6.45) is -0.282. The number of carbonyl (C=O) groups is 1. The predicted octanol–water partition coefficient (Wildman–Crippen LogP) is 1.20. The van der Waals surface area contributed by atoms with Crippen molar-refractivity contribution in [2.75, 3.05) is 6.61 Å². The van der Waals surface area contributed by atoms with Crippen molar-refractivity contribution < 1.29 is 14.6 Å². The molecule has 2 fully saturated rings. The van der Waals surface area contributed by atoms with E-state index in [1.165, 1.54) is 0 Å². The molecule has 3 atom stereocenters. The Morgan fingerprint density at radius 2 is 1.86 bits per heavy atom. The lowest BCUT2D eigenvalue weighted by atomic mass is 9.40. The first-order chi connectivity index (χ1) is 6.34.